The molecule has 0 saturated heterocycles. The number of carbonyl (C=O) groups is 1. The topological polar surface area (TPSA) is 77.8 Å². The fourth-order valence-corrected chi connectivity index (χ4v) is 9.64. The molecule has 3 N–H and O–H groups in total. The molecule has 4 aliphatic rings. The summed E-state index contributed by atoms with van der Waals surface area (Å²) in [7, 11) is 0. The van der Waals surface area contributed by atoms with Crippen LogP contribution in [0.4, 0.5) is 0 Å². The van der Waals surface area contributed by atoms with E-state index in [1.165, 1.54) is 5.57 Å². The Balaban J connectivity index is 1.69. The predicted octanol–water partition coefficient (Wildman–Crippen LogP) is 6.76. The molecule has 4 rings (SSSR count). The lowest BCUT2D eigenvalue weighted by Gasteiger charge is -2.62. The van der Waals surface area contributed by atoms with E-state index in [2.05, 4.69) is 55.0 Å². The van der Waals surface area contributed by atoms with Gasteiger partial charge in [0.25, 0.3) is 0 Å². The fraction of sp³-hybridized carbons (Fsp3) is 0.839. The average Bonchev–Trinajstić information content (AvgIpc) is 3.03. The van der Waals surface area contributed by atoms with Crippen LogP contribution in [0.25, 0.3) is 0 Å². The Morgan fingerprint density at radius 3 is 2.29 bits per heavy atom. The summed E-state index contributed by atoms with van der Waals surface area (Å²) in [5, 5.41) is 32.0. The molecule has 0 aliphatic heterocycles. The molecule has 2 saturated carbocycles. The van der Waals surface area contributed by atoms with Crippen LogP contribution in [0.1, 0.15) is 106 Å². The van der Waals surface area contributed by atoms with E-state index in [1.54, 1.807) is 5.57 Å². The Bertz CT molecular complexity index is 915. The van der Waals surface area contributed by atoms with E-state index in [0.717, 1.165) is 50.5 Å². The summed E-state index contributed by atoms with van der Waals surface area (Å²) in [5.74, 6) is -0.0396. The van der Waals surface area contributed by atoms with Crippen LogP contribution in [0.2, 0.25) is 0 Å². The van der Waals surface area contributed by atoms with Crippen LogP contribution in [0.3, 0.4) is 0 Å². The van der Waals surface area contributed by atoms with Gasteiger partial charge in [-0.25, -0.2) is 0 Å². The first-order valence-corrected chi connectivity index (χ1v) is 14.1. The van der Waals surface area contributed by atoms with Gasteiger partial charge in [-0.2, -0.15) is 0 Å². The number of hydrogen-bond acceptors (Lipinski definition) is 3. The normalized spacial score (nSPS) is 43.4. The molecule has 0 aromatic carbocycles. The zero-order valence-corrected chi connectivity index (χ0v) is 23.3. The number of fused-ring (bicyclic) bond motifs is 4. The van der Waals surface area contributed by atoms with Crippen molar-refractivity contribution in [2.24, 2.45) is 45.3 Å². The molecule has 4 heteroatoms. The molecule has 4 nitrogen and oxygen atoms in total. The van der Waals surface area contributed by atoms with Crippen molar-refractivity contribution >= 4 is 5.97 Å². The van der Waals surface area contributed by atoms with Crippen molar-refractivity contribution in [2.75, 3.05) is 0 Å². The summed E-state index contributed by atoms with van der Waals surface area (Å²) in [6.45, 7) is 19.9. The molecule has 8 atom stereocenters. The van der Waals surface area contributed by atoms with Crippen LogP contribution >= 0.6 is 0 Å². The zero-order chi connectivity index (χ0) is 26.1. The highest BCUT2D eigenvalue weighted by atomic mass is 16.4. The summed E-state index contributed by atoms with van der Waals surface area (Å²) in [6.07, 6.45) is 6.86. The molecule has 2 unspecified atom stereocenters. The Morgan fingerprint density at radius 2 is 1.69 bits per heavy atom. The number of rotatable bonds is 6. The number of carboxylic acid groups (broad SMARTS) is 1. The van der Waals surface area contributed by atoms with Crippen molar-refractivity contribution in [3.63, 3.8) is 0 Å². The highest BCUT2D eigenvalue weighted by molar-refractivity contribution is 5.70. The molecule has 0 amide bonds. The predicted molar refractivity (Wildman–Crippen MR) is 141 cm³/mol. The maximum Gasteiger partial charge on any atom is 0.306 e. The molecule has 0 spiro atoms. The molecular weight excluding hydrogens is 436 g/mol. The minimum atomic E-state index is -0.694. The molecule has 0 heterocycles. The molecule has 198 valence electrons. The first kappa shape index (κ1) is 26.9. The monoisotopic (exact) mass is 486 g/mol. The van der Waals surface area contributed by atoms with Crippen LogP contribution in [0.5, 0.6) is 0 Å². The third-order valence-electron chi connectivity index (χ3n) is 12.2. The maximum atomic E-state index is 12.6. The zero-order valence-electron chi connectivity index (χ0n) is 23.3. The van der Waals surface area contributed by atoms with Gasteiger partial charge in [-0.1, -0.05) is 71.8 Å². The van der Waals surface area contributed by atoms with Crippen molar-refractivity contribution in [2.45, 2.75) is 118 Å². The summed E-state index contributed by atoms with van der Waals surface area (Å²) < 4.78 is 0. The number of carboxylic acids is 1. The SMILES string of the molecule is C=C(CCC(C(=O)O)[C@@H]1CC[C@@]2(C)C3=C(CC[C@]12C)[C@@]1(C)C[C@H](O)[C@H](O)C(C)(C)C1CC3)C(C)C. The molecular formula is C31H50O4. The molecule has 2 fully saturated rings. The van der Waals surface area contributed by atoms with E-state index in [4.69, 9.17) is 0 Å². The van der Waals surface area contributed by atoms with E-state index in [-0.39, 0.29) is 33.5 Å². The molecule has 0 aromatic heterocycles. The molecule has 0 aromatic rings. The van der Waals surface area contributed by atoms with Crippen molar-refractivity contribution < 1.29 is 20.1 Å². The Hall–Kier alpha value is -1.13. The molecule has 35 heavy (non-hydrogen) atoms. The van der Waals surface area contributed by atoms with Gasteiger partial charge in [0.15, 0.2) is 0 Å². The highest BCUT2D eigenvalue weighted by Crippen LogP contribution is 2.72. The smallest absolute Gasteiger partial charge is 0.306 e. The van der Waals surface area contributed by atoms with Crippen LogP contribution in [-0.2, 0) is 4.79 Å². The summed E-state index contributed by atoms with van der Waals surface area (Å²) in [6, 6.07) is 0. The number of hydrogen-bond donors (Lipinski definition) is 3. The van der Waals surface area contributed by atoms with Crippen molar-refractivity contribution in [3.05, 3.63) is 23.3 Å². The second kappa shape index (κ2) is 8.72. The van der Waals surface area contributed by atoms with E-state index >= 15 is 0 Å². The fourth-order valence-electron chi connectivity index (χ4n) is 9.64. The Morgan fingerprint density at radius 1 is 1.03 bits per heavy atom. The Kier molecular flexibility index (Phi) is 6.71. The lowest BCUT2D eigenvalue weighted by atomic mass is 9.43. The lowest BCUT2D eigenvalue weighted by molar-refractivity contribution is -0.158. The summed E-state index contributed by atoms with van der Waals surface area (Å²) in [5.41, 5.74) is 3.82. The van der Waals surface area contributed by atoms with Gasteiger partial charge in [-0.3, -0.25) is 4.79 Å². The van der Waals surface area contributed by atoms with Gasteiger partial charge in [-0.15, -0.1) is 0 Å². The quantitative estimate of drug-likeness (QED) is 0.362. The third kappa shape index (κ3) is 3.79. The van der Waals surface area contributed by atoms with E-state index in [9.17, 15) is 20.1 Å². The van der Waals surface area contributed by atoms with Gasteiger partial charge < -0.3 is 15.3 Å². The number of aliphatic hydroxyl groups is 2. The molecule has 0 radical (unpaired) electrons. The second-order valence-electron chi connectivity index (χ2n) is 14.2. The number of aliphatic carboxylic acids is 1. The minimum Gasteiger partial charge on any atom is -0.481 e. The molecule has 0 bridgehead atoms. The van der Waals surface area contributed by atoms with Crippen LogP contribution in [-0.4, -0.2) is 33.5 Å². The lowest BCUT2D eigenvalue weighted by Crippen LogP contribution is -2.59. The van der Waals surface area contributed by atoms with Gasteiger partial charge in [-0.05, 0) is 97.2 Å². The average molecular weight is 487 g/mol. The van der Waals surface area contributed by atoms with Gasteiger partial charge in [0.2, 0.25) is 0 Å². The Labute approximate surface area is 213 Å². The first-order valence-electron chi connectivity index (χ1n) is 14.1. The van der Waals surface area contributed by atoms with Crippen molar-refractivity contribution in [1.29, 1.82) is 0 Å². The van der Waals surface area contributed by atoms with E-state index in [0.29, 0.717) is 24.7 Å². The number of allylic oxidation sites excluding steroid dienone is 3. The van der Waals surface area contributed by atoms with Gasteiger partial charge in [0.05, 0.1) is 18.1 Å². The maximum absolute atomic E-state index is 12.6. The standard InChI is InChI=1S/C31H50O4/c1-18(2)19(3)9-10-20(27(34)35)21-13-15-31(8)23-11-12-25-28(4,5)26(33)24(32)17-29(25,6)22(23)14-16-30(21,31)7/h18,20-21,24-26,32-33H,3,9-17H2,1-2,4-8H3,(H,34,35)/t20?,21-,24-,25?,26-,29+,30+,31-/m0/s1. The van der Waals surface area contributed by atoms with E-state index < -0.39 is 18.2 Å². The highest BCUT2D eigenvalue weighted by Gasteiger charge is 2.65. The number of aliphatic hydroxyl groups excluding tert-OH is 2. The first-order chi connectivity index (χ1) is 16.1. The van der Waals surface area contributed by atoms with Gasteiger partial charge in [0, 0.05) is 0 Å². The molecule has 4 aliphatic carbocycles. The summed E-state index contributed by atoms with van der Waals surface area (Å²) >= 11 is 0. The minimum absolute atomic E-state index is 0.00709. The van der Waals surface area contributed by atoms with Crippen LogP contribution in [0.15, 0.2) is 23.3 Å². The third-order valence-corrected chi connectivity index (χ3v) is 12.2. The van der Waals surface area contributed by atoms with Crippen molar-refractivity contribution in [3.8, 4) is 0 Å². The van der Waals surface area contributed by atoms with Crippen molar-refractivity contribution in [1.82, 2.24) is 0 Å². The van der Waals surface area contributed by atoms with Crippen LogP contribution < -0.4 is 0 Å². The summed E-state index contributed by atoms with van der Waals surface area (Å²) in [4.78, 5) is 12.6. The second-order valence-corrected chi connectivity index (χ2v) is 14.2. The van der Waals surface area contributed by atoms with E-state index in [1.807, 2.05) is 0 Å². The van der Waals surface area contributed by atoms with Gasteiger partial charge >= 0.3 is 5.97 Å². The van der Waals surface area contributed by atoms with Crippen LogP contribution in [0, 0.1) is 45.3 Å². The van der Waals surface area contributed by atoms with Gasteiger partial charge in [0.1, 0.15) is 0 Å². The largest absolute Gasteiger partial charge is 0.481 e.